The molecule has 0 aliphatic carbocycles. The van der Waals surface area contributed by atoms with Gasteiger partial charge in [-0.1, -0.05) is 15.9 Å². The minimum Gasteiger partial charge on any atom is -0.430 e. The standard InChI is InChI=1S/C12H5BrFN3O3/c13-8-1-2-9(14)11(4-8)20-12-10(17(18)19)3-7(5-15)6-16-12/h1-4,6H. The lowest BCUT2D eigenvalue weighted by Crippen LogP contribution is -1.98. The molecule has 0 radical (unpaired) electrons. The van der Waals surface area contributed by atoms with Crippen molar-refractivity contribution in [1.29, 1.82) is 5.26 Å². The average molecular weight is 338 g/mol. The summed E-state index contributed by atoms with van der Waals surface area (Å²) in [5.41, 5.74) is -0.498. The largest absolute Gasteiger partial charge is 0.430 e. The third kappa shape index (κ3) is 2.89. The lowest BCUT2D eigenvalue weighted by molar-refractivity contribution is -0.386. The summed E-state index contributed by atoms with van der Waals surface area (Å²) in [5.74, 6) is -1.28. The van der Waals surface area contributed by atoms with Crippen LogP contribution in [0.4, 0.5) is 10.1 Å². The molecule has 1 aromatic heterocycles. The molecule has 0 aliphatic heterocycles. The van der Waals surface area contributed by atoms with Crippen LogP contribution in [0.5, 0.6) is 11.6 Å². The molecule has 6 nitrogen and oxygen atoms in total. The first-order valence-corrected chi connectivity index (χ1v) is 5.98. The van der Waals surface area contributed by atoms with Gasteiger partial charge in [0.25, 0.3) is 5.88 Å². The van der Waals surface area contributed by atoms with E-state index in [1.54, 1.807) is 6.07 Å². The van der Waals surface area contributed by atoms with E-state index in [0.717, 1.165) is 18.3 Å². The molecule has 2 aromatic rings. The lowest BCUT2D eigenvalue weighted by Gasteiger charge is -2.06. The first kappa shape index (κ1) is 13.9. The molecule has 8 heteroatoms. The van der Waals surface area contributed by atoms with Gasteiger partial charge in [0, 0.05) is 16.7 Å². The summed E-state index contributed by atoms with van der Waals surface area (Å²) in [6, 6.07) is 6.67. The van der Waals surface area contributed by atoms with Crippen molar-refractivity contribution in [2.45, 2.75) is 0 Å². The lowest BCUT2D eigenvalue weighted by atomic mass is 10.3. The van der Waals surface area contributed by atoms with E-state index in [4.69, 9.17) is 10.00 Å². The van der Waals surface area contributed by atoms with E-state index in [2.05, 4.69) is 20.9 Å². The molecule has 100 valence electrons. The van der Waals surface area contributed by atoms with Crippen LogP contribution in [-0.4, -0.2) is 9.91 Å². The van der Waals surface area contributed by atoms with Gasteiger partial charge in [0.05, 0.1) is 10.5 Å². The van der Waals surface area contributed by atoms with Crippen LogP contribution in [0, 0.1) is 27.3 Å². The summed E-state index contributed by atoms with van der Waals surface area (Å²) in [4.78, 5) is 13.8. The first-order valence-electron chi connectivity index (χ1n) is 5.18. The van der Waals surface area contributed by atoms with Crippen LogP contribution in [0.25, 0.3) is 0 Å². The Hall–Kier alpha value is -2.53. The van der Waals surface area contributed by atoms with E-state index in [1.165, 1.54) is 12.1 Å². The Labute approximate surface area is 120 Å². The zero-order chi connectivity index (χ0) is 14.7. The van der Waals surface area contributed by atoms with Gasteiger partial charge in [-0.2, -0.15) is 5.26 Å². The molecular weight excluding hydrogens is 333 g/mol. The summed E-state index contributed by atoms with van der Waals surface area (Å²) >= 11 is 3.14. The third-order valence-electron chi connectivity index (χ3n) is 2.26. The van der Waals surface area contributed by atoms with Crippen LogP contribution in [0.3, 0.4) is 0 Å². The fourth-order valence-electron chi connectivity index (χ4n) is 1.37. The van der Waals surface area contributed by atoms with E-state index in [9.17, 15) is 14.5 Å². The fraction of sp³-hybridized carbons (Fsp3) is 0. The van der Waals surface area contributed by atoms with Gasteiger partial charge >= 0.3 is 5.69 Å². The predicted octanol–water partition coefficient (Wildman–Crippen LogP) is 3.56. The normalized spacial score (nSPS) is 9.85. The molecular formula is C12H5BrFN3O3. The Morgan fingerprint density at radius 2 is 2.20 bits per heavy atom. The van der Waals surface area contributed by atoms with E-state index in [1.807, 2.05) is 0 Å². The summed E-state index contributed by atoms with van der Waals surface area (Å²) < 4.78 is 19.2. The number of nitriles is 1. The molecule has 0 fully saturated rings. The monoisotopic (exact) mass is 337 g/mol. The summed E-state index contributed by atoms with van der Waals surface area (Å²) in [7, 11) is 0. The minimum absolute atomic E-state index is 0.0127. The maximum Gasteiger partial charge on any atom is 0.332 e. The molecule has 0 aliphatic rings. The van der Waals surface area contributed by atoms with Crippen molar-refractivity contribution in [2.24, 2.45) is 0 Å². The molecule has 0 saturated carbocycles. The number of nitro groups is 1. The number of halogens is 2. The zero-order valence-electron chi connectivity index (χ0n) is 9.71. The number of hydrogen-bond acceptors (Lipinski definition) is 5. The Morgan fingerprint density at radius 3 is 2.85 bits per heavy atom. The zero-order valence-corrected chi connectivity index (χ0v) is 11.3. The van der Waals surface area contributed by atoms with Gasteiger partial charge in [-0.3, -0.25) is 10.1 Å². The smallest absolute Gasteiger partial charge is 0.332 e. The fourth-order valence-corrected chi connectivity index (χ4v) is 1.71. The summed E-state index contributed by atoms with van der Waals surface area (Å²) in [5, 5.41) is 19.6. The van der Waals surface area contributed by atoms with E-state index < -0.39 is 16.4 Å². The third-order valence-corrected chi connectivity index (χ3v) is 2.75. The SMILES string of the molecule is N#Cc1cnc(Oc2cc(Br)ccc2F)c([N+](=O)[O-])c1. The number of rotatable bonds is 3. The van der Waals surface area contributed by atoms with Crippen LogP contribution in [0.15, 0.2) is 34.9 Å². The Balaban J connectivity index is 2.46. The second-order valence-electron chi connectivity index (χ2n) is 3.59. The maximum atomic E-state index is 13.5. The van der Waals surface area contributed by atoms with Crippen molar-refractivity contribution < 1.29 is 14.1 Å². The van der Waals surface area contributed by atoms with Gasteiger partial charge in [-0.15, -0.1) is 0 Å². The number of ether oxygens (including phenoxy) is 1. The molecule has 0 N–H and O–H groups in total. The minimum atomic E-state index is -0.751. The number of pyridine rings is 1. The van der Waals surface area contributed by atoms with Crippen LogP contribution >= 0.6 is 15.9 Å². The second-order valence-corrected chi connectivity index (χ2v) is 4.51. The highest BCUT2D eigenvalue weighted by atomic mass is 79.9. The summed E-state index contributed by atoms with van der Waals surface area (Å²) in [6.45, 7) is 0. The number of aromatic nitrogens is 1. The number of benzene rings is 1. The highest BCUT2D eigenvalue weighted by molar-refractivity contribution is 9.10. The van der Waals surface area contributed by atoms with Crippen LogP contribution < -0.4 is 4.74 Å². The topological polar surface area (TPSA) is 89.0 Å². The van der Waals surface area contributed by atoms with E-state index in [0.29, 0.717) is 4.47 Å². The average Bonchev–Trinajstić information content (AvgIpc) is 2.43. The van der Waals surface area contributed by atoms with Crippen LogP contribution in [0.1, 0.15) is 5.56 Å². The van der Waals surface area contributed by atoms with Crippen molar-refractivity contribution in [3.63, 3.8) is 0 Å². The van der Waals surface area contributed by atoms with Gasteiger partial charge in [0.1, 0.15) is 6.07 Å². The van der Waals surface area contributed by atoms with E-state index >= 15 is 0 Å². The van der Waals surface area contributed by atoms with Gasteiger partial charge in [0.15, 0.2) is 11.6 Å². The quantitative estimate of drug-likeness (QED) is 0.631. The Kier molecular flexibility index (Phi) is 3.91. The predicted molar refractivity (Wildman–Crippen MR) is 69.8 cm³/mol. The highest BCUT2D eigenvalue weighted by Gasteiger charge is 2.20. The van der Waals surface area contributed by atoms with Crippen LogP contribution in [0.2, 0.25) is 0 Å². The molecule has 0 unspecified atom stereocenters. The second kappa shape index (κ2) is 5.63. The number of hydrogen-bond donors (Lipinski definition) is 0. The van der Waals surface area contributed by atoms with Crippen molar-refractivity contribution >= 4 is 21.6 Å². The molecule has 1 heterocycles. The number of nitrogens with zero attached hydrogens (tertiary/aromatic N) is 3. The highest BCUT2D eigenvalue weighted by Crippen LogP contribution is 2.32. The molecule has 2 rings (SSSR count). The molecule has 1 aromatic carbocycles. The van der Waals surface area contributed by atoms with Crippen molar-refractivity contribution in [2.75, 3.05) is 0 Å². The summed E-state index contributed by atoms with van der Waals surface area (Å²) in [6.07, 6.45) is 1.11. The van der Waals surface area contributed by atoms with Crippen molar-refractivity contribution in [3.05, 3.63) is 56.4 Å². The van der Waals surface area contributed by atoms with Crippen molar-refractivity contribution in [1.82, 2.24) is 4.98 Å². The Bertz CT molecular complexity index is 730. The van der Waals surface area contributed by atoms with Gasteiger partial charge in [-0.25, -0.2) is 9.37 Å². The molecule has 0 spiro atoms. The van der Waals surface area contributed by atoms with Crippen molar-refractivity contribution in [3.8, 4) is 17.7 Å². The first-order chi connectivity index (χ1) is 9.51. The molecule has 0 bridgehead atoms. The molecule has 0 saturated heterocycles. The van der Waals surface area contributed by atoms with Gasteiger partial charge in [-0.05, 0) is 18.2 Å². The van der Waals surface area contributed by atoms with E-state index in [-0.39, 0.29) is 17.2 Å². The maximum absolute atomic E-state index is 13.5. The molecule has 20 heavy (non-hydrogen) atoms. The van der Waals surface area contributed by atoms with Gasteiger partial charge in [0.2, 0.25) is 0 Å². The Morgan fingerprint density at radius 1 is 1.45 bits per heavy atom. The van der Waals surface area contributed by atoms with Crippen LogP contribution in [-0.2, 0) is 0 Å². The molecule has 0 amide bonds. The molecule has 0 atom stereocenters. The van der Waals surface area contributed by atoms with Gasteiger partial charge < -0.3 is 4.74 Å².